The Morgan fingerprint density at radius 3 is 2.88 bits per heavy atom. The molecule has 0 bridgehead atoms. The van der Waals surface area contributed by atoms with E-state index in [2.05, 4.69) is 35.3 Å². The molecule has 0 fully saturated rings. The SMILES string of the molecule is CCCC(NC)c1ccn(CCCCO)c1. The molecule has 0 aliphatic carbocycles. The normalized spacial score (nSPS) is 12.9. The lowest BCUT2D eigenvalue weighted by Gasteiger charge is -2.13. The van der Waals surface area contributed by atoms with E-state index in [1.807, 2.05) is 7.05 Å². The summed E-state index contributed by atoms with van der Waals surface area (Å²) in [5, 5.41) is 12.1. The van der Waals surface area contributed by atoms with Crippen molar-refractivity contribution in [2.24, 2.45) is 0 Å². The molecule has 0 radical (unpaired) electrons. The standard InChI is InChI=1S/C13H24N2O/c1-3-6-13(14-2)12-7-9-15(11-12)8-4-5-10-16/h7,9,11,13-14,16H,3-6,8,10H2,1-2H3. The molecule has 1 aromatic heterocycles. The van der Waals surface area contributed by atoms with Crippen molar-refractivity contribution >= 4 is 0 Å². The average Bonchev–Trinajstić information content (AvgIpc) is 2.75. The first-order valence-corrected chi connectivity index (χ1v) is 6.25. The fourth-order valence-corrected chi connectivity index (χ4v) is 1.98. The molecule has 0 aromatic carbocycles. The zero-order valence-electron chi connectivity index (χ0n) is 10.4. The van der Waals surface area contributed by atoms with Crippen molar-refractivity contribution in [3.05, 3.63) is 24.0 Å². The zero-order chi connectivity index (χ0) is 11.8. The lowest BCUT2D eigenvalue weighted by atomic mass is 10.1. The molecule has 0 aliphatic rings. The van der Waals surface area contributed by atoms with E-state index in [9.17, 15) is 0 Å². The second kappa shape index (κ2) is 7.47. The van der Waals surface area contributed by atoms with E-state index in [-0.39, 0.29) is 0 Å². The number of aliphatic hydroxyl groups is 1. The van der Waals surface area contributed by atoms with E-state index in [4.69, 9.17) is 5.11 Å². The monoisotopic (exact) mass is 224 g/mol. The molecule has 1 rings (SSSR count). The molecule has 3 nitrogen and oxygen atoms in total. The van der Waals surface area contributed by atoms with Crippen LogP contribution in [0.3, 0.4) is 0 Å². The number of aromatic nitrogens is 1. The third-order valence-electron chi connectivity index (χ3n) is 2.93. The molecular weight excluding hydrogens is 200 g/mol. The molecule has 1 heterocycles. The average molecular weight is 224 g/mol. The molecular formula is C13H24N2O. The second-order valence-corrected chi connectivity index (χ2v) is 4.24. The Hall–Kier alpha value is -0.800. The zero-order valence-corrected chi connectivity index (χ0v) is 10.4. The smallest absolute Gasteiger partial charge is 0.0431 e. The Kier molecular flexibility index (Phi) is 6.19. The van der Waals surface area contributed by atoms with E-state index in [1.54, 1.807) is 0 Å². The first kappa shape index (κ1) is 13.3. The number of rotatable bonds is 8. The number of nitrogens with one attached hydrogen (secondary N) is 1. The lowest BCUT2D eigenvalue weighted by molar-refractivity contribution is 0.281. The topological polar surface area (TPSA) is 37.2 Å². The summed E-state index contributed by atoms with van der Waals surface area (Å²) in [5.74, 6) is 0. The maximum absolute atomic E-state index is 8.73. The Morgan fingerprint density at radius 1 is 1.44 bits per heavy atom. The second-order valence-electron chi connectivity index (χ2n) is 4.24. The van der Waals surface area contributed by atoms with Crippen molar-refractivity contribution in [2.75, 3.05) is 13.7 Å². The van der Waals surface area contributed by atoms with Crippen molar-refractivity contribution in [3.63, 3.8) is 0 Å². The van der Waals surface area contributed by atoms with Crippen molar-refractivity contribution in [3.8, 4) is 0 Å². The summed E-state index contributed by atoms with van der Waals surface area (Å²) in [6, 6.07) is 2.67. The predicted octanol–water partition coefficient (Wildman–Crippen LogP) is 2.32. The lowest BCUT2D eigenvalue weighted by Crippen LogP contribution is -2.15. The molecule has 3 heteroatoms. The first-order valence-electron chi connectivity index (χ1n) is 6.25. The van der Waals surface area contributed by atoms with Gasteiger partial charge in [-0.15, -0.1) is 0 Å². The highest BCUT2D eigenvalue weighted by Gasteiger charge is 2.08. The summed E-state index contributed by atoms with van der Waals surface area (Å²) in [5.41, 5.74) is 1.37. The molecule has 1 atom stereocenters. The highest BCUT2D eigenvalue weighted by Crippen LogP contribution is 2.18. The summed E-state index contributed by atoms with van der Waals surface area (Å²) < 4.78 is 2.21. The quantitative estimate of drug-likeness (QED) is 0.665. The van der Waals surface area contributed by atoms with Crippen molar-refractivity contribution in [2.45, 2.75) is 45.2 Å². The molecule has 1 unspecified atom stereocenters. The van der Waals surface area contributed by atoms with Gasteiger partial charge in [0.25, 0.3) is 0 Å². The number of nitrogens with zero attached hydrogens (tertiary/aromatic N) is 1. The summed E-state index contributed by atoms with van der Waals surface area (Å²) in [6.07, 6.45) is 8.65. The van der Waals surface area contributed by atoms with E-state index in [0.29, 0.717) is 12.6 Å². The van der Waals surface area contributed by atoms with Gasteiger partial charge in [-0.25, -0.2) is 0 Å². The van der Waals surface area contributed by atoms with Gasteiger partial charge in [0.2, 0.25) is 0 Å². The van der Waals surface area contributed by atoms with E-state index >= 15 is 0 Å². The van der Waals surface area contributed by atoms with Gasteiger partial charge in [-0.05, 0) is 37.9 Å². The Balaban J connectivity index is 2.48. The van der Waals surface area contributed by atoms with Gasteiger partial charge in [0.1, 0.15) is 0 Å². The van der Waals surface area contributed by atoms with Crippen LogP contribution in [-0.4, -0.2) is 23.3 Å². The molecule has 92 valence electrons. The maximum Gasteiger partial charge on any atom is 0.0431 e. The van der Waals surface area contributed by atoms with Crippen LogP contribution in [0.2, 0.25) is 0 Å². The number of hydrogen-bond acceptors (Lipinski definition) is 2. The van der Waals surface area contributed by atoms with Crippen LogP contribution in [0.4, 0.5) is 0 Å². The van der Waals surface area contributed by atoms with E-state index in [0.717, 1.165) is 19.4 Å². The van der Waals surface area contributed by atoms with Gasteiger partial charge in [0, 0.05) is 31.6 Å². The number of aliphatic hydroxyl groups excluding tert-OH is 1. The van der Waals surface area contributed by atoms with Gasteiger partial charge in [-0.1, -0.05) is 13.3 Å². The van der Waals surface area contributed by atoms with E-state index in [1.165, 1.54) is 18.4 Å². The van der Waals surface area contributed by atoms with Crippen LogP contribution in [0, 0.1) is 0 Å². The number of hydrogen-bond donors (Lipinski definition) is 2. The molecule has 2 N–H and O–H groups in total. The van der Waals surface area contributed by atoms with Crippen LogP contribution in [0.15, 0.2) is 18.5 Å². The summed E-state index contributed by atoms with van der Waals surface area (Å²) in [7, 11) is 2.02. The first-order chi connectivity index (χ1) is 7.81. The molecule has 16 heavy (non-hydrogen) atoms. The third kappa shape index (κ3) is 3.99. The van der Waals surface area contributed by atoms with Gasteiger partial charge in [-0.2, -0.15) is 0 Å². The van der Waals surface area contributed by atoms with Crippen molar-refractivity contribution < 1.29 is 5.11 Å². The van der Waals surface area contributed by atoms with Crippen LogP contribution in [0.5, 0.6) is 0 Å². The van der Waals surface area contributed by atoms with Gasteiger partial charge >= 0.3 is 0 Å². The molecule has 0 spiro atoms. The maximum atomic E-state index is 8.73. The largest absolute Gasteiger partial charge is 0.396 e. The van der Waals surface area contributed by atoms with Crippen LogP contribution in [0.1, 0.15) is 44.2 Å². The Bertz CT molecular complexity index is 283. The fourth-order valence-electron chi connectivity index (χ4n) is 1.98. The Labute approximate surface area is 98.5 Å². The molecule has 0 amide bonds. The molecule has 0 saturated heterocycles. The summed E-state index contributed by atoms with van der Waals surface area (Å²) >= 11 is 0. The van der Waals surface area contributed by atoms with Crippen molar-refractivity contribution in [1.82, 2.24) is 9.88 Å². The molecule has 0 saturated carbocycles. The highest BCUT2D eigenvalue weighted by atomic mass is 16.2. The minimum absolute atomic E-state index is 0.295. The molecule has 1 aromatic rings. The number of aryl methyl sites for hydroxylation is 1. The minimum Gasteiger partial charge on any atom is -0.396 e. The Morgan fingerprint density at radius 2 is 2.25 bits per heavy atom. The van der Waals surface area contributed by atoms with Gasteiger partial charge in [-0.3, -0.25) is 0 Å². The van der Waals surface area contributed by atoms with Gasteiger partial charge < -0.3 is 15.0 Å². The number of unbranched alkanes of at least 4 members (excludes halogenated alkanes) is 1. The van der Waals surface area contributed by atoms with Gasteiger partial charge in [0.05, 0.1) is 0 Å². The van der Waals surface area contributed by atoms with Crippen LogP contribution < -0.4 is 5.32 Å². The highest BCUT2D eigenvalue weighted by molar-refractivity contribution is 5.15. The fraction of sp³-hybridized carbons (Fsp3) is 0.692. The minimum atomic E-state index is 0.295. The van der Waals surface area contributed by atoms with Crippen LogP contribution in [-0.2, 0) is 6.54 Å². The van der Waals surface area contributed by atoms with E-state index < -0.39 is 0 Å². The molecule has 0 aliphatic heterocycles. The third-order valence-corrected chi connectivity index (χ3v) is 2.93. The summed E-state index contributed by atoms with van der Waals surface area (Å²) in [4.78, 5) is 0. The van der Waals surface area contributed by atoms with Crippen LogP contribution >= 0.6 is 0 Å². The summed E-state index contributed by atoms with van der Waals surface area (Å²) in [6.45, 7) is 3.51. The van der Waals surface area contributed by atoms with Gasteiger partial charge in [0.15, 0.2) is 0 Å². The van der Waals surface area contributed by atoms with Crippen molar-refractivity contribution in [1.29, 1.82) is 0 Å². The van der Waals surface area contributed by atoms with Crippen LogP contribution in [0.25, 0.3) is 0 Å². The predicted molar refractivity (Wildman–Crippen MR) is 67.5 cm³/mol.